The molecular weight excluding hydrogens is 160 g/mol. The lowest BCUT2D eigenvalue weighted by Gasteiger charge is -2.14. The third-order valence-electron chi connectivity index (χ3n) is 1.29. The standard InChI is InChI=1S/C7H16N2O3/c1-11-4-6(3-8)9-7(10)5-12-2/h6H,3-5,8H2,1-2H3,(H,9,10). The number of nitrogens with one attached hydrogen (secondary N) is 1. The summed E-state index contributed by atoms with van der Waals surface area (Å²) in [5.74, 6) is -0.176. The molecule has 1 atom stereocenters. The first kappa shape index (κ1) is 11.4. The van der Waals surface area contributed by atoms with E-state index >= 15 is 0 Å². The number of ether oxygens (including phenoxy) is 2. The molecular formula is C7H16N2O3. The Morgan fingerprint density at radius 3 is 2.58 bits per heavy atom. The predicted molar refractivity (Wildman–Crippen MR) is 44.7 cm³/mol. The molecule has 0 bridgehead atoms. The fraction of sp³-hybridized carbons (Fsp3) is 0.857. The zero-order chi connectivity index (χ0) is 9.40. The first-order valence-electron chi connectivity index (χ1n) is 3.71. The van der Waals surface area contributed by atoms with E-state index in [0.29, 0.717) is 13.2 Å². The highest BCUT2D eigenvalue weighted by molar-refractivity contribution is 5.77. The van der Waals surface area contributed by atoms with Gasteiger partial charge in [0.15, 0.2) is 0 Å². The smallest absolute Gasteiger partial charge is 0.246 e. The molecule has 0 rings (SSSR count). The second kappa shape index (κ2) is 7.02. The largest absolute Gasteiger partial charge is 0.383 e. The number of methoxy groups -OCH3 is 2. The zero-order valence-corrected chi connectivity index (χ0v) is 7.50. The fourth-order valence-corrected chi connectivity index (χ4v) is 0.770. The summed E-state index contributed by atoms with van der Waals surface area (Å²) in [6.45, 7) is 0.843. The van der Waals surface area contributed by atoms with Gasteiger partial charge in [-0.2, -0.15) is 0 Å². The maximum absolute atomic E-state index is 10.9. The van der Waals surface area contributed by atoms with E-state index in [9.17, 15) is 4.79 Å². The van der Waals surface area contributed by atoms with Gasteiger partial charge in [-0.1, -0.05) is 0 Å². The van der Waals surface area contributed by atoms with Crippen molar-refractivity contribution in [1.82, 2.24) is 5.32 Å². The molecule has 0 aliphatic rings. The normalized spacial score (nSPS) is 12.6. The zero-order valence-electron chi connectivity index (χ0n) is 7.50. The average Bonchev–Trinajstić information content (AvgIpc) is 2.04. The topological polar surface area (TPSA) is 73.6 Å². The molecule has 0 aliphatic carbocycles. The highest BCUT2D eigenvalue weighted by Crippen LogP contribution is 1.82. The summed E-state index contributed by atoms with van der Waals surface area (Å²) in [4.78, 5) is 10.9. The maximum atomic E-state index is 10.9. The van der Waals surface area contributed by atoms with Crippen LogP contribution in [0.1, 0.15) is 0 Å². The third kappa shape index (κ3) is 5.06. The number of hydrogen-bond donors (Lipinski definition) is 2. The summed E-state index contributed by atoms with van der Waals surface area (Å²) in [6, 6.07) is -0.127. The van der Waals surface area contributed by atoms with Crippen molar-refractivity contribution >= 4 is 5.91 Å². The summed E-state index contributed by atoms with van der Waals surface area (Å²) in [6.07, 6.45) is 0. The Hall–Kier alpha value is -0.650. The third-order valence-corrected chi connectivity index (χ3v) is 1.29. The van der Waals surface area contributed by atoms with Crippen LogP contribution in [0.15, 0.2) is 0 Å². The van der Waals surface area contributed by atoms with E-state index in [1.165, 1.54) is 7.11 Å². The van der Waals surface area contributed by atoms with Crippen molar-refractivity contribution in [1.29, 1.82) is 0 Å². The van der Waals surface area contributed by atoms with E-state index in [-0.39, 0.29) is 18.6 Å². The van der Waals surface area contributed by atoms with Gasteiger partial charge in [-0.25, -0.2) is 0 Å². The van der Waals surface area contributed by atoms with Gasteiger partial charge < -0.3 is 20.5 Å². The Bertz CT molecular complexity index is 130. The molecule has 0 radical (unpaired) electrons. The molecule has 0 saturated heterocycles. The molecule has 0 saturated carbocycles. The molecule has 0 aromatic rings. The van der Waals surface area contributed by atoms with Crippen molar-refractivity contribution in [2.45, 2.75) is 6.04 Å². The summed E-state index contributed by atoms with van der Waals surface area (Å²) in [5, 5.41) is 2.65. The molecule has 0 aromatic heterocycles. The van der Waals surface area contributed by atoms with Crippen molar-refractivity contribution < 1.29 is 14.3 Å². The first-order valence-corrected chi connectivity index (χ1v) is 3.71. The molecule has 1 unspecified atom stereocenters. The van der Waals surface area contributed by atoms with Crippen LogP contribution < -0.4 is 11.1 Å². The number of carbonyl (C=O) groups excluding carboxylic acids is 1. The van der Waals surface area contributed by atoms with Gasteiger partial charge in [0.2, 0.25) is 5.91 Å². The fourth-order valence-electron chi connectivity index (χ4n) is 0.770. The Labute approximate surface area is 72.2 Å². The maximum Gasteiger partial charge on any atom is 0.246 e. The van der Waals surface area contributed by atoms with Gasteiger partial charge in [0.05, 0.1) is 12.6 Å². The number of nitrogens with two attached hydrogens (primary N) is 1. The molecule has 0 aromatic carbocycles. The molecule has 0 fully saturated rings. The Morgan fingerprint density at radius 1 is 1.50 bits per heavy atom. The average molecular weight is 176 g/mol. The van der Waals surface area contributed by atoms with Gasteiger partial charge in [-0.05, 0) is 0 Å². The minimum absolute atomic E-state index is 0.0558. The van der Waals surface area contributed by atoms with Crippen LogP contribution in [0.25, 0.3) is 0 Å². The van der Waals surface area contributed by atoms with Crippen molar-refractivity contribution in [2.75, 3.05) is 34.0 Å². The summed E-state index contributed by atoms with van der Waals surface area (Å²) < 4.78 is 9.47. The minimum atomic E-state index is -0.176. The van der Waals surface area contributed by atoms with Gasteiger partial charge >= 0.3 is 0 Å². The monoisotopic (exact) mass is 176 g/mol. The van der Waals surface area contributed by atoms with Gasteiger partial charge in [0.1, 0.15) is 6.61 Å². The van der Waals surface area contributed by atoms with E-state index in [2.05, 4.69) is 10.1 Å². The molecule has 0 aliphatic heterocycles. The minimum Gasteiger partial charge on any atom is -0.383 e. The molecule has 72 valence electrons. The number of amides is 1. The Balaban J connectivity index is 3.61. The Kier molecular flexibility index (Phi) is 6.64. The molecule has 3 N–H and O–H groups in total. The van der Waals surface area contributed by atoms with E-state index in [0.717, 1.165) is 0 Å². The summed E-state index contributed by atoms with van der Waals surface area (Å²) in [5.41, 5.74) is 5.37. The predicted octanol–water partition coefficient (Wildman–Crippen LogP) is -1.28. The van der Waals surface area contributed by atoms with Crippen molar-refractivity contribution in [3.63, 3.8) is 0 Å². The van der Waals surface area contributed by atoms with Gasteiger partial charge in [0.25, 0.3) is 0 Å². The second-order valence-electron chi connectivity index (χ2n) is 2.39. The Morgan fingerprint density at radius 2 is 2.17 bits per heavy atom. The van der Waals surface area contributed by atoms with Crippen LogP contribution in [0.3, 0.4) is 0 Å². The van der Waals surface area contributed by atoms with Crippen molar-refractivity contribution in [3.8, 4) is 0 Å². The molecule has 5 heteroatoms. The first-order chi connectivity index (χ1) is 5.74. The SMILES string of the molecule is COCC(=O)NC(CN)COC. The lowest BCUT2D eigenvalue weighted by atomic mass is 10.3. The van der Waals surface area contributed by atoms with E-state index in [1.54, 1.807) is 7.11 Å². The molecule has 12 heavy (non-hydrogen) atoms. The molecule has 0 heterocycles. The number of hydrogen-bond acceptors (Lipinski definition) is 4. The number of carbonyl (C=O) groups is 1. The van der Waals surface area contributed by atoms with Crippen molar-refractivity contribution in [2.24, 2.45) is 5.73 Å². The summed E-state index contributed by atoms with van der Waals surface area (Å²) in [7, 11) is 3.03. The highest BCUT2D eigenvalue weighted by Gasteiger charge is 2.08. The number of rotatable bonds is 6. The van der Waals surface area contributed by atoms with Crippen LogP contribution in [0, 0.1) is 0 Å². The summed E-state index contributed by atoms with van der Waals surface area (Å²) >= 11 is 0. The van der Waals surface area contributed by atoms with Gasteiger partial charge in [-0.15, -0.1) is 0 Å². The van der Waals surface area contributed by atoms with E-state index in [1.807, 2.05) is 0 Å². The van der Waals surface area contributed by atoms with Crippen LogP contribution in [0.5, 0.6) is 0 Å². The van der Waals surface area contributed by atoms with Crippen LogP contribution in [-0.4, -0.2) is 45.9 Å². The van der Waals surface area contributed by atoms with Gasteiger partial charge in [-0.3, -0.25) is 4.79 Å². The molecule has 1 amide bonds. The van der Waals surface area contributed by atoms with E-state index in [4.69, 9.17) is 10.5 Å². The van der Waals surface area contributed by atoms with Crippen LogP contribution >= 0.6 is 0 Å². The lowest BCUT2D eigenvalue weighted by Crippen LogP contribution is -2.44. The molecule has 5 nitrogen and oxygen atoms in total. The quantitative estimate of drug-likeness (QED) is 0.529. The van der Waals surface area contributed by atoms with Crippen LogP contribution in [0.2, 0.25) is 0 Å². The van der Waals surface area contributed by atoms with Crippen LogP contribution in [-0.2, 0) is 14.3 Å². The van der Waals surface area contributed by atoms with Crippen molar-refractivity contribution in [3.05, 3.63) is 0 Å². The second-order valence-corrected chi connectivity index (χ2v) is 2.39. The van der Waals surface area contributed by atoms with Crippen LogP contribution in [0.4, 0.5) is 0 Å². The lowest BCUT2D eigenvalue weighted by molar-refractivity contribution is -0.125. The van der Waals surface area contributed by atoms with E-state index < -0.39 is 0 Å². The highest BCUT2D eigenvalue weighted by atomic mass is 16.5. The van der Waals surface area contributed by atoms with Gasteiger partial charge in [0, 0.05) is 20.8 Å². The molecule has 0 spiro atoms.